The standard InChI is InChI=1S/C29H36ClF3N2O4/c1-34(2)26(36)24-13-12-21(18-25(24)30)9-6-4-5-8-20-14-16-35(17-15-20)27(37)28(38,29(31,32)33)22-10-7-11-23(19-22)39-3/h7,10-13,18-20,38H,4-6,8-9,14-17H2,1-3H3. The summed E-state index contributed by atoms with van der Waals surface area (Å²) in [6.07, 6.45) is 0.678. The number of hydrogen-bond acceptors (Lipinski definition) is 4. The molecule has 10 heteroatoms. The second kappa shape index (κ2) is 13.0. The minimum absolute atomic E-state index is 0.126. The zero-order chi connectivity index (χ0) is 28.8. The first-order valence-corrected chi connectivity index (χ1v) is 13.5. The van der Waals surface area contributed by atoms with E-state index < -0.39 is 23.2 Å². The largest absolute Gasteiger partial charge is 0.497 e. The van der Waals surface area contributed by atoms with Gasteiger partial charge in [0.25, 0.3) is 17.4 Å². The average molecular weight is 569 g/mol. The van der Waals surface area contributed by atoms with E-state index in [1.807, 2.05) is 12.1 Å². The van der Waals surface area contributed by atoms with Gasteiger partial charge in [0.05, 0.1) is 17.7 Å². The smallest absolute Gasteiger partial charge is 0.430 e. The number of alkyl halides is 3. The Hall–Kier alpha value is -2.78. The number of unbranched alkanes of at least 4 members (excludes halogenated alkanes) is 2. The Kier molecular flexibility index (Phi) is 10.3. The quantitative estimate of drug-likeness (QED) is 0.366. The lowest BCUT2D eigenvalue weighted by molar-refractivity contribution is -0.262. The van der Waals surface area contributed by atoms with E-state index in [-0.39, 0.29) is 24.7 Å². The van der Waals surface area contributed by atoms with Crippen molar-refractivity contribution >= 4 is 23.4 Å². The molecule has 0 aromatic heterocycles. The summed E-state index contributed by atoms with van der Waals surface area (Å²) in [7, 11) is 4.67. The van der Waals surface area contributed by atoms with Crippen LogP contribution in [0.15, 0.2) is 42.5 Å². The third-order valence-corrected chi connectivity index (χ3v) is 7.67. The van der Waals surface area contributed by atoms with Crippen molar-refractivity contribution in [3.05, 3.63) is 64.2 Å². The minimum Gasteiger partial charge on any atom is -0.497 e. The van der Waals surface area contributed by atoms with Gasteiger partial charge >= 0.3 is 6.18 Å². The van der Waals surface area contributed by atoms with Crippen LogP contribution in [0.4, 0.5) is 13.2 Å². The number of aryl methyl sites for hydroxylation is 1. The van der Waals surface area contributed by atoms with E-state index in [1.165, 1.54) is 24.1 Å². The van der Waals surface area contributed by atoms with E-state index in [2.05, 4.69) is 0 Å². The molecule has 39 heavy (non-hydrogen) atoms. The molecule has 1 fully saturated rings. The molecule has 1 heterocycles. The normalized spacial score (nSPS) is 16.1. The van der Waals surface area contributed by atoms with Gasteiger partial charge in [-0.2, -0.15) is 13.2 Å². The fourth-order valence-electron chi connectivity index (χ4n) is 4.98. The van der Waals surface area contributed by atoms with Crippen LogP contribution in [0.3, 0.4) is 0 Å². The first kappa shape index (κ1) is 30.8. The van der Waals surface area contributed by atoms with Crippen LogP contribution < -0.4 is 4.74 Å². The van der Waals surface area contributed by atoms with Crippen LogP contribution in [0.5, 0.6) is 5.75 Å². The van der Waals surface area contributed by atoms with Crippen LogP contribution in [0.2, 0.25) is 5.02 Å². The van der Waals surface area contributed by atoms with E-state index >= 15 is 0 Å². The molecule has 0 aliphatic carbocycles. The van der Waals surface area contributed by atoms with Crippen molar-refractivity contribution in [2.24, 2.45) is 5.92 Å². The van der Waals surface area contributed by atoms with Gasteiger partial charge in [0.1, 0.15) is 5.75 Å². The first-order chi connectivity index (χ1) is 18.4. The monoisotopic (exact) mass is 568 g/mol. The SMILES string of the molecule is COc1cccc(C(O)(C(=O)N2CCC(CCCCCc3ccc(C(=O)N(C)C)c(Cl)c3)CC2)C(F)(F)F)c1. The number of aliphatic hydroxyl groups is 1. The topological polar surface area (TPSA) is 70.1 Å². The molecule has 3 rings (SSSR count). The summed E-state index contributed by atoms with van der Waals surface area (Å²) in [6, 6.07) is 10.4. The number of methoxy groups -OCH3 is 1. The molecule has 0 radical (unpaired) electrons. The highest BCUT2D eigenvalue weighted by Crippen LogP contribution is 2.42. The molecule has 1 aliphatic heterocycles. The van der Waals surface area contributed by atoms with Gasteiger partial charge in [-0.15, -0.1) is 0 Å². The third-order valence-electron chi connectivity index (χ3n) is 7.36. The Balaban J connectivity index is 1.47. The summed E-state index contributed by atoms with van der Waals surface area (Å²) in [4.78, 5) is 27.7. The van der Waals surface area contributed by atoms with Gasteiger partial charge in [-0.25, -0.2) is 0 Å². The van der Waals surface area contributed by atoms with Gasteiger partial charge in [0, 0.05) is 32.7 Å². The summed E-state index contributed by atoms with van der Waals surface area (Å²) in [6.45, 7) is 0.338. The van der Waals surface area contributed by atoms with E-state index in [0.717, 1.165) is 54.7 Å². The van der Waals surface area contributed by atoms with Gasteiger partial charge in [0.15, 0.2) is 0 Å². The molecule has 2 amide bonds. The molecule has 1 atom stereocenters. The fourth-order valence-corrected chi connectivity index (χ4v) is 5.26. The molecule has 1 N–H and O–H groups in total. The van der Waals surface area contributed by atoms with Gasteiger partial charge in [0.2, 0.25) is 0 Å². The number of nitrogens with zero attached hydrogens (tertiary/aromatic N) is 2. The molecule has 214 valence electrons. The number of piperidine rings is 1. The van der Waals surface area contributed by atoms with Gasteiger partial charge in [-0.05, 0) is 61.4 Å². The molecule has 2 aromatic rings. The average Bonchev–Trinajstić information content (AvgIpc) is 2.91. The highest BCUT2D eigenvalue weighted by Gasteiger charge is 2.62. The van der Waals surface area contributed by atoms with E-state index in [0.29, 0.717) is 29.3 Å². The predicted molar refractivity (Wildman–Crippen MR) is 144 cm³/mol. The van der Waals surface area contributed by atoms with Crippen LogP contribution in [-0.4, -0.2) is 67.2 Å². The van der Waals surface area contributed by atoms with Crippen molar-refractivity contribution < 1.29 is 32.6 Å². The molecular formula is C29H36ClF3N2O4. The molecule has 0 saturated carbocycles. The van der Waals surface area contributed by atoms with Gasteiger partial charge in [-0.3, -0.25) is 9.59 Å². The maximum absolute atomic E-state index is 14.0. The lowest BCUT2D eigenvalue weighted by Crippen LogP contribution is -2.57. The zero-order valence-electron chi connectivity index (χ0n) is 22.6. The summed E-state index contributed by atoms with van der Waals surface area (Å²) in [5, 5.41) is 11.1. The number of amides is 2. The van der Waals surface area contributed by atoms with Gasteiger partial charge < -0.3 is 19.6 Å². The maximum Gasteiger partial charge on any atom is 0.430 e. The number of rotatable bonds is 10. The van der Waals surface area contributed by atoms with Gasteiger partial charge in [-0.1, -0.05) is 49.1 Å². The van der Waals surface area contributed by atoms with Crippen LogP contribution in [0.25, 0.3) is 0 Å². The summed E-state index contributed by atoms with van der Waals surface area (Å²) >= 11 is 6.29. The lowest BCUT2D eigenvalue weighted by Gasteiger charge is -2.38. The Morgan fingerprint density at radius 3 is 2.36 bits per heavy atom. The molecule has 1 unspecified atom stereocenters. The second-order valence-corrected chi connectivity index (χ2v) is 10.7. The molecule has 6 nitrogen and oxygen atoms in total. The molecule has 1 aliphatic rings. The Labute approximate surface area is 232 Å². The second-order valence-electron chi connectivity index (χ2n) is 10.3. The Bertz CT molecular complexity index is 1150. The zero-order valence-corrected chi connectivity index (χ0v) is 23.3. The van der Waals surface area contributed by atoms with Crippen molar-refractivity contribution in [1.29, 1.82) is 0 Å². The summed E-state index contributed by atoms with van der Waals surface area (Å²) in [5.41, 5.74) is -2.64. The molecule has 0 bridgehead atoms. The Morgan fingerprint density at radius 2 is 1.77 bits per heavy atom. The van der Waals surface area contributed by atoms with Crippen molar-refractivity contribution in [2.75, 3.05) is 34.3 Å². The van der Waals surface area contributed by atoms with Crippen LogP contribution in [-0.2, 0) is 16.8 Å². The lowest BCUT2D eigenvalue weighted by atomic mass is 9.87. The number of hydrogen-bond donors (Lipinski definition) is 1. The van der Waals surface area contributed by atoms with Crippen LogP contribution >= 0.6 is 11.6 Å². The molecule has 2 aromatic carbocycles. The first-order valence-electron chi connectivity index (χ1n) is 13.1. The van der Waals surface area contributed by atoms with Crippen molar-refractivity contribution in [1.82, 2.24) is 9.80 Å². The predicted octanol–water partition coefficient (Wildman–Crippen LogP) is 5.84. The van der Waals surface area contributed by atoms with E-state index in [9.17, 15) is 27.9 Å². The Morgan fingerprint density at radius 1 is 1.08 bits per heavy atom. The number of benzene rings is 2. The van der Waals surface area contributed by atoms with E-state index in [4.69, 9.17) is 16.3 Å². The van der Waals surface area contributed by atoms with Crippen molar-refractivity contribution in [2.45, 2.75) is 56.7 Å². The summed E-state index contributed by atoms with van der Waals surface area (Å²) < 4.78 is 47.0. The van der Waals surface area contributed by atoms with Crippen molar-refractivity contribution in [3.63, 3.8) is 0 Å². The fraction of sp³-hybridized carbons (Fsp3) is 0.517. The third kappa shape index (κ3) is 7.25. The number of halogens is 4. The molecule has 1 saturated heterocycles. The van der Waals surface area contributed by atoms with E-state index in [1.54, 1.807) is 20.2 Å². The number of likely N-dealkylation sites (tertiary alicyclic amines) is 1. The van der Waals surface area contributed by atoms with Crippen LogP contribution in [0.1, 0.15) is 60.0 Å². The minimum atomic E-state index is -5.18. The number of carbonyl (C=O) groups excluding carboxylic acids is 2. The molecule has 0 spiro atoms. The number of ether oxygens (including phenoxy) is 1. The summed E-state index contributed by atoms with van der Waals surface area (Å²) in [5.74, 6) is -1.04. The van der Waals surface area contributed by atoms with Crippen molar-refractivity contribution in [3.8, 4) is 5.75 Å². The highest BCUT2D eigenvalue weighted by molar-refractivity contribution is 6.33. The number of carbonyl (C=O) groups is 2. The highest BCUT2D eigenvalue weighted by atomic mass is 35.5. The maximum atomic E-state index is 14.0. The van der Waals surface area contributed by atoms with Crippen LogP contribution in [0, 0.1) is 5.92 Å². The molecular weight excluding hydrogens is 533 g/mol.